The molecule has 0 radical (unpaired) electrons. The second kappa shape index (κ2) is 5.22. The highest BCUT2D eigenvalue weighted by molar-refractivity contribution is 7.91. The van der Waals surface area contributed by atoms with E-state index in [9.17, 15) is 13.2 Å². The Morgan fingerprint density at radius 1 is 1.47 bits per heavy atom. The molecule has 1 saturated carbocycles. The summed E-state index contributed by atoms with van der Waals surface area (Å²) in [5.74, 6) is -1.11. The lowest BCUT2D eigenvalue weighted by molar-refractivity contribution is 0.0697. The number of rotatable bonds is 5. The fourth-order valence-corrected chi connectivity index (χ4v) is 4.71. The summed E-state index contributed by atoms with van der Waals surface area (Å²) in [6.45, 7) is 2.50. The zero-order chi connectivity index (χ0) is 14.1. The minimum Gasteiger partial charge on any atom is -0.478 e. The third kappa shape index (κ3) is 3.34. The summed E-state index contributed by atoms with van der Waals surface area (Å²) in [4.78, 5) is 10.8. The second-order valence-electron chi connectivity index (χ2n) is 5.30. The van der Waals surface area contributed by atoms with Crippen LogP contribution in [0.2, 0.25) is 0 Å². The summed E-state index contributed by atoms with van der Waals surface area (Å²) >= 11 is 0.935. The summed E-state index contributed by atoms with van der Waals surface area (Å²) < 4.78 is 26.8. The number of carbonyl (C=O) groups is 1. The quantitative estimate of drug-likeness (QED) is 0.874. The molecule has 19 heavy (non-hydrogen) atoms. The highest BCUT2D eigenvalue weighted by Gasteiger charge is 2.30. The average molecular weight is 303 g/mol. The Morgan fingerprint density at radius 2 is 2.11 bits per heavy atom. The molecule has 0 bridgehead atoms. The van der Waals surface area contributed by atoms with Crippen LogP contribution in [-0.2, 0) is 10.0 Å². The zero-order valence-electron chi connectivity index (χ0n) is 10.7. The molecule has 106 valence electrons. The molecule has 0 aromatic carbocycles. The van der Waals surface area contributed by atoms with Crippen LogP contribution in [0.15, 0.2) is 15.7 Å². The zero-order valence-corrected chi connectivity index (χ0v) is 12.3. The molecule has 5 nitrogen and oxygen atoms in total. The number of carboxylic acids is 1. The lowest BCUT2D eigenvalue weighted by Crippen LogP contribution is -2.33. The van der Waals surface area contributed by atoms with E-state index in [-0.39, 0.29) is 15.2 Å². The Hall–Kier alpha value is -0.920. The number of carboxylic acid groups (broad SMARTS) is 1. The van der Waals surface area contributed by atoms with Crippen LogP contribution in [-0.4, -0.2) is 26.0 Å². The van der Waals surface area contributed by atoms with Gasteiger partial charge in [-0.2, -0.15) is 0 Å². The van der Waals surface area contributed by atoms with Crippen LogP contribution in [0.25, 0.3) is 0 Å². The molecule has 1 aliphatic rings. The van der Waals surface area contributed by atoms with Crippen molar-refractivity contribution in [2.75, 3.05) is 6.54 Å². The molecule has 0 spiro atoms. The van der Waals surface area contributed by atoms with Crippen molar-refractivity contribution in [1.29, 1.82) is 0 Å². The van der Waals surface area contributed by atoms with E-state index in [1.54, 1.807) is 0 Å². The van der Waals surface area contributed by atoms with Gasteiger partial charge in [0, 0.05) is 11.9 Å². The smallest absolute Gasteiger partial charge is 0.336 e. The van der Waals surface area contributed by atoms with Gasteiger partial charge in [-0.1, -0.05) is 19.8 Å². The van der Waals surface area contributed by atoms with Crippen LogP contribution < -0.4 is 4.72 Å². The Labute approximate surface area is 116 Å². The molecule has 0 atom stereocenters. The first-order valence-corrected chi connectivity index (χ1v) is 8.50. The van der Waals surface area contributed by atoms with Crippen LogP contribution in [0, 0.1) is 5.41 Å². The van der Waals surface area contributed by atoms with Crippen molar-refractivity contribution in [1.82, 2.24) is 4.72 Å². The van der Waals surface area contributed by atoms with Crippen molar-refractivity contribution >= 4 is 27.3 Å². The molecule has 1 aromatic heterocycles. The van der Waals surface area contributed by atoms with Crippen LogP contribution >= 0.6 is 11.3 Å². The molecule has 0 aliphatic heterocycles. The molecule has 0 amide bonds. The Kier molecular flexibility index (Phi) is 3.98. The van der Waals surface area contributed by atoms with Crippen molar-refractivity contribution in [2.45, 2.75) is 36.8 Å². The Morgan fingerprint density at radius 3 is 2.63 bits per heavy atom. The number of nitrogens with one attached hydrogen (secondary N) is 1. The minimum atomic E-state index is -3.59. The average Bonchev–Trinajstić information content (AvgIpc) is 2.96. The van der Waals surface area contributed by atoms with E-state index >= 15 is 0 Å². The first kappa shape index (κ1) is 14.5. The first-order valence-electron chi connectivity index (χ1n) is 6.14. The van der Waals surface area contributed by atoms with Gasteiger partial charge in [-0.3, -0.25) is 0 Å². The van der Waals surface area contributed by atoms with Crippen LogP contribution in [0.5, 0.6) is 0 Å². The molecule has 7 heteroatoms. The van der Waals surface area contributed by atoms with E-state index < -0.39 is 16.0 Å². The maximum absolute atomic E-state index is 12.1. The SMILES string of the molecule is CC1(CNS(=O)(=O)c2cc(C(=O)O)cs2)CCCC1. The van der Waals surface area contributed by atoms with Gasteiger partial charge in [-0.15, -0.1) is 11.3 Å². The van der Waals surface area contributed by atoms with E-state index in [4.69, 9.17) is 5.11 Å². The molecule has 0 unspecified atom stereocenters. The predicted octanol–water partition coefficient (Wildman–Crippen LogP) is 2.30. The number of thiophene rings is 1. The van der Waals surface area contributed by atoms with Crippen molar-refractivity contribution in [3.05, 3.63) is 17.0 Å². The number of hydrogen-bond acceptors (Lipinski definition) is 4. The third-order valence-corrected chi connectivity index (χ3v) is 6.43. The highest BCUT2D eigenvalue weighted by atomic mass is 32.2. The van der Waals surface area contributed by atoms with E-state index in [1.807, 2.05) is 0 Å². The highest BCUT2D eigenvalue weighted by Crippen LogP contribution is 2.37. The predicted molar refractivity (Wildman–Crippen MR) is 73.0 cm³/mol. The molecule has 1 heterocycles. The van der Waals surface area contributed by atoms with Gasteiger partial charge in [0.1, 0.15) is 4.21 Å². The van der Waals surface area contributed by atoms with Gasteiger partial charge in [0.25, 0.3) is 0 Å². The standard InChI is InChI=1S/C12H17NO4S2/c1-12(4-2-3-5-12)8-13-19(16,17)10-6-9(7-18-10)11(14)15/h6-7,13H,2-5,8H2,1H3,(H,14,15). The van der Waals surface area contributed by atoms with E-state index in [0.29, 0.717) is 6.54 Å². The van der Waals surface area contributed by atoms with Gasteiger partial charge in [0.15, 0.2) is 0 Å². The maximum Gasteiger partial charge on any atom is 0.336 e. The monoisotopic (exact) mass is 303 g/mol. The first-order chi connectivity index (χ1) is 8.82. The molecule has 0 saturated heterocycles. The van der Waals surface area contributed by atoms with Crippen molar-refractivity contribution < 1.29 is 18.3 Å². The van der Waals surface area contributed by atoms with Crippen molar-refractivity contribution in [3.63, 3.8) is 0 Å². The van der Waals surface area contributed by atoms with Crippen molar-refractivity contribution in [3.8, 4) is 0 Å². The van der Waals surface area contributed by atoms with Crippen LogP contribution in [0.4, 0.5) is 0 Å². The minimum absolute atomic E-state index is 0.0115. The number of aromatic carboxylic acids is 1. The van der Waals surface area contributed by atoms with E-state index in [0.717, 1.165) is 37.0 Å². The van der Waals surface area contributed by atoms with Gasteiger partial charge in [-0.05, 0) is 24.3 Å². The number of hydrogen-bond donors (Lipinski definition) is 2. The van der Waals surface area contributed by atoms with E-state index in [1.165, 1.54) is 11.4 Å². The molecule has 1 fully saturated rings. The fourth-order valence-electron chi connectivity index (χ4n) is 2.32. The van der Waals surface area contributed by atoms with E-state index in [2.05, 4.69) is 11.6 Å². The summed E-state index contributed by atoms with van der Waals surface area (Å²) in [5.41, 5.74) is 0.0393. The Balaban J connectivity index is 2.07. The lowest BCUT2D eigenvalue weighted by Gasteiger charge is -2.23. The van der Waals surface area contributed by atoms with Gasteiger partial charge < -0.3 is 5.11 Å². The second-order valence-corrected chi connectivity index (χ2v) is 8.21. The van der Waals surface area contributed by atoms with Gasteiger partial charge >= 0.3 is 5.97 Å². The normalized spacial score (nSPS) is 18.6. The number of sulfonamides is 1. The maximum atomic E-state index is 12.1. The Bertz CT molecular complexity index is 570. The lowest BCUT2D eigenvalue weighted by atomic mass is 9.89. The molecular formula is C12H17NO4S2. The van der Waals surface area contributed by atoms with Crippen LogP contribution in [0.3, 0.4) is 0 Å². The molecule has 1 aromatic rings. The van der Waals surface area contributed by atoms with Crippen LogP contribution in [0.1, 0.15) is 43.0 Å². The van der Waals surface area contributed by atoms with Gasteiger partial charge in [-0.25, -0.2) is 17.9 Å². The fraction of sp³-hybridized carbons (Fsp3) is 0.583. The van der Waals surface area contributed by atoms with Crippen molar-refractivity contribution in [2.24, 2.45) is 5.41 Å². The largest absolute Gasteiger partial charge is 0.478 e. The molecule has 2 N–H and O–H groups in total. The van der Waals surface area contributed by atoms with Gasteiger partial charge in [0.05, 0.1) is 5.56 Å². The summed E-state index contributed by atoms with van der Waals surface area (Å²) in [6, 6.07) is 1.20. The summed E-state index contributed by atoms with van der Waals surface area (Å²) in [7, 11) is -3.59. The molecular weight excluding hydrogens is 286 g/mol. The molecule has 2 rings (SSSR count). The summed E-state index contributed by atoms with van der Waals surface area (Å²) in [5, 5.41) is 10.1. The molecule has 1 aliphatic carbocycles. The third-order valence-electron chi connectivity index (χ3n) is 3.59. The van der Waals surface area contributed by atoms with Gasteiger partial charge in [0.2, 0.25) is 10.0 Å². The topological polar surface area (TPSA) is 83.5 Å². The summed E-state index contributed by atoms with van der Waals surface area (Å²) in [6.07, 6.45) is 4.33.